The van der Waals surface area contributed by atoms with Crippen LogP contribution >= 0.6 is 0 Å². The van der Waals surface area contributed by atoms with Crippen LogP contribution in [0.4, 0.5) is 10.1 Å². The first-order chi connectivity index (χ1) is 12.5. The van der Waals surface area contributed by atoms with Crippen molar-refractivity contribution in [3.63, 3.8) is 0 Å². The molecule has 0 saturated heterocycles. The monoisotopic (exact) mass is 359 g/mol. The van der Waals surface area contributed by atoms with E-state index in [0.29, 0.717) is 11.4 Å². The molecule has 0 aromatic heterocycles. The molecular weight excluding hydrogens is 341 g/mol. The maximum Gasteiger partial charge on any atom is 0.348 e. The molecule has 0 spiro atoms. The summed E-state index contributed by atoms with van der Waals surface area (Å²) in [6.45, 7) is 1.51. The van der Waals surface area contributed by atoms with Crippen LogP contribution in [0.3, 0.4) is 0 Å². The van der Waals surface area contributed by atoms with Gasteiger partial charge in [-0.1, -0.05) is 24.3 Å². The molecule has 0 bridgehead atoms. The second kappa shape index (κ2) is 7.43. The molecule has 0 aliphatic carbocycles. The van der Waals surface area contributed by atoms with Gasteiger partial charge in [0, 0.05) is 0 Å². The normalized spacial score (nSPS) is 16.9. The van der Waals surface area contributed by atoms with Gasteiger partial charge in [0.25, 0.3) is 5.91 Å². The van der Waals surface area contributed by atoms with E-state index in [1.165, 1.54) is 37.1 Å². The van der Waals surface area contributed by atoms with Crippen LogP contribution in [-0.4, -0.2) is 37.7 Å². The van der Waals surface area contributed by atoms with Crippen LogP contribution < -0.4 is 14.4 Å². The van der Waals surface area contributed by atoms with Gasteiger partial charge < -0.3 is 19.1 Å². The van der Waals surface area contributed by atoms with E-state index in [2.05, 4.69) is 0 Å². The highest BCUT2D eigenvalue weighted by Crippen LogP contribution is 2.34. The van der Waals surface area contributed by atoms with Gasteiger partial charge in [-0.05, 0) is 31.2 Å². The highest BCUT2D eigenvalue weighted by atomic mass is 19.1. The Morgan fingerprint density at radius 2 is 1.88 bits per heavy atom. The lowest BCUT2D eigenvalue weighted by molar-refractivity contribution is -0.148. The van der Waals surface area contributed by atoms with Crippen LogP contribution in [0.25, 0.3) is 0 Å². The van der Waals surface area contributed by atoms with Crippen molar-refractivity contribution >= 4 is 17.6 Å². The quantitative estimate of drug-likeness (QED) is 0.785. The summed E-state index contributed by atoms with van der Waals surface area (Å²) in [7, 11) is 1.25. The predicted molar refractivity (Wildman–Crippen MR) is 91.7 cm³/mol. The van der Waals surface area contributed by atoms with E-state index in [0.717, 1.165) is 0 Å². The summed E-state index contributed by atoms with van der Waals surface area (Å²) in [6, 6.07) is 12.7. The van der Waals surface area contributed by atoms with Crippen LogP contribution in [-0.2, 0) is 14.3 Å². The zero-order valence-electron chi connectivity index (χ0n) is 14.3. The third-order valence-corrected chi connectivity index (χ3v) is 3.99. The maximum absolute atomic E-state index is 13.8. The van der Waals surface area contributed by atoms with Crippen molar-refractivity contribution in [3.05, 3.63) is 54.3 Å². The standard InChI is InChI=1S/C19H18FNO5/c1-12(25-15-9-5-3-7-13(15)20)18(22)21-11-17(19(23)24-2)26-16-10-6-4-8-14(16)21/h3-10,12,17H,11H2,1-2H3/t12-,17+/m1/s1. The number of amides is 1. The van der Waals surface area contributed by atoms with Gasteiger partial charge >= 0.3 is 5.97 Å². The molecule has 26 heavy (non-hydrogen) atoms. The molecule has 0 unspecified atom stereocenters. The number of esters is 1. The van der Waals surface area contributed by atoms with Crippen molar-refractivity contribution in [2.24, 2.45) is 0 Å². The van der Waals surface area contributed by atoms with Crippen LogP contribution in [0, 0.1) is 5.82 Å². The van der Waals surface area contributed by atoms with E-state index >= 15 is 0 Å². The van der Waals surface area contributed by atoms with Crippen LogP contribution in [0.2, 0.25) is 0 Å². The molecule has 6 nitrogen and oxygen atoms in total. The van der Waals surface area contributed by atoms with Crippen molar-refractivity contribution in [1.82, 2.24) is 0 Å². The predicted octanol–water partition coefficient (Wildman–Crippen LogP) is 2.56. The summed E-state index contributed by atoms with van der Waals surface area (Å²) in [5.74, 6) is -1.18. The Morgan fingerprint density at radius 1 is 1.19 bits per heavy atom. The minimum absolute atomic E-state index is 0.0144. The molecule has 2 aromatic carbocycles. The fraction of sp³-hybridized carbons (Fsp3) is 0.263. The molecule has 3 rings (SSSR count). The SMILES string of the molecule is COC(=O)[C@@H]1CN(C(=O)[C@@H](C)Oc2ccccc2F)c2ccccc2O1. The first-order valence-corrected chi connectivity index (χ1v) is 8.07. The third-order valence-electron chi connectivity index (χ3n) is 3.99. The Kier molecular flexibility index (Phi) is 5.06. The number of carbonyl (C=O) groups excluding carboxylic acids is 2. The fourth-order valence-electron chi connectivity index (χ4n) is 2.70. The third kappa shape index (κ3) is 3.46. The molecule has 0 radical (unpaired) electrons. The van der Waals surface area contributed by atoms with Crippen molar-refractivity contribution in [1.29, 1.82) is 0 Å². The average molecular weight is 359 g/mol. The highest BCUT2D eigenvalue weighted by molar-refractivity contribution is 5.99. The minimum Gasteiger partial charge on any atom is -0.478 e. The second-order valence-corrected chi connectivity index (χ2v) is 5.74. The Balaban J connectivity index is 1.85. The molecule has 0 N–H and O–H groups in total. The fourth-order valence-corrected chi connectivity index (χ4v) is 2.70. The van der Waals surface area contributed by atoms with Crippen molar-refractivity contribution in [2.45, 2.75) is 19.1 Å². The Labute approximate surface area is 150 Å². The van der Waals surface area contributed by atoms with Gasteiger partial charge in [0.1, 0.15) is 5.75 Å². The molecule has 1 heterocycles. The number of anilines is 1. The lowest BCUT2D eigenvalue weighted by Crippen LogP contribution is -2.51. The Hall–Kier alpha value is -3.09. The van der Waals surface area contributed by atoms with Gasteiger partial charge in [0.2, 0.25) is 6.10 Å². The van der Waals surface area contributed by atoms with E-state index in [4.69, 9.17) is 14.2 Å². The van der Waals surface area contributed by atoms with Gasteiger partial charge in [-0.15, -0.1) is 0 Å². The molecule has 0 fully saturated rings. The number of rotatable bonds is 4. The molecule has 7 heteroatoms. The average Bonchev–Trinajstić information content (AvgIpc) is 2.67. The number of fused-ring (bicyclic) bond motifs is 1. The number of hydrogen-bond acceptors (Lipinski definition) is 5. The first-order valence-electron chi connectivity index (χ1n) is 8.07. The number of para-hydroxylation sites is 3. The lowest BCUT2D eigenvalue weighted by atomic mass is 10.1. The number of methoxy groups -OCH3 is 1. The van der Waals surface area contributed by atoms with Crippen LogP contribution in [0.15, 0.2) is 48.5 Å². The van der Waals surface area contributed by atoms with E-state index in [9.17, 15) is 14.0 Å². The summed E-state index contributed by atoms with van der Waals surface area (Å²) in [6.07, 6.45) is -1.91. The first kappa shape index (κ1) is 17.7. The van der Waals surface area contributed by atoms with Gasteiger partial charge in [-0.25, -0.2) is 9.18 Å². The van der Waals surface area contributed by atoms with Crippen molar-refractivity contribution in [3.8, 4) is 11.5 Å². The molecule has 1 aliphatic heterocycles. The summed E-state index contributed by atoms with van der Waals surface area (Å²) in [5, 5.41) is 0. The summed E-state index contributed by atoms with van der Waals surface area (Å²) < 4.78 is 29.6. The number of hydrogen-bond donors (Lipinski definition) is 0. The van der Waals surface area contributed by atoms with E-state index in [1.54, 1.807) is 30.3 Å². The molecular formula is C19H18FNO5. The summed E-state index contributed by atoms with van der Waals surface area (Å²) in [4.78, 5) is 26.2. The largest absolute Gasteiger partial charge is 0.478 e. The minimum atomic E-state index is -0.962. The number of nitrogens with zero attached hydrogens (tertiary/aromatic N) is 1. The van der Waals surface area contributed by atoms with Gasteiger partial charge in [0.05, 0.1) is 19.3 Å². The molecule has 136 valence electrons. The number of ether oxygens (including phenoxy) is 3. The summed E-state index contributed by atoms with van der Waals surface area (Å²) >= 11 is 0. The molecule has 1 aliphatic rings. The van der Waals surface area contributed by atoms with Gasteiger partial charge in [0.15, 0.2) is 17.7 Å². The second-order valence-electron chi connectivity index (χ2n) is 5.74. The smallest absolute Gasteiger partial charge is 0.348 e. The van der Waals surface area contributed by atoms with Crippen LogP contribution in [0.1, 0.15) is 6.92 Å². The number of halogens is 1. The molecule has 2 atom stereocenters. The zero-order valence-corrected chi connectivity index (χ0v) is 14.3. The van der Waals surface area contributed by atoms with E-state index in [1.807, 2.05) is 0 Å². The lowest BCUT2D eigenvalue weighted by Gasteiger charge is -2.34. The van der Waals surface area contributed by atoms with Crippen molar-refractivity contribution in [2.75, 3.05) is 18.6 Å². The van der Waals surface area contributed by atoms with E-state index in [-0.39, 0.29) is 12.3 Å². The molecule has 2 aromatic rings. The Bertz CT molecular complexity index is 825. The van der Waals surface area contributed by atoms with Gasteiger partial charge in [-0.2, -0.15) is 0 Å². The number of carbonyl (C=O) groups is 2. The van der Waals surface area contributed by atoms with Crippen molar-refractivity contribution < 1.29 is 28.2 Å². The summed E-state index contributed by atoms with van der Waals surface area (Å²) in [5.41, 5.74) is 0.515. The highest BCUT2D eigenvalue weighted by Gasteiger charge is 2.36. The van der Waals surface area contributed by atoms with E-state index < -0.39 is 29.9 Å². The topological polar surface area (TPSA) is 65.1 Å². The molecule has 0 saturated carbocycles. The van der Waals surface area contributed by atoms with Crippen LogP contribution in [0.5, 0.6) is 11.5 Å². The molecule has 1 amide bonds. The Morgan fingerprint density at radius 3 is 2.62 bits per heavy atom. The maximum atomic E-state index is 13.8. The zero-order chi connectivity index (χ0) is 18.7. The number of benzene rings is 2. The van der Waals surface area contributed by atoms with Gasteiger partial charge in [-0.3, -0.25) is 4.79 Å².